The summed E-state index contributed by atoms with van der Waals surface area (Å²) in [6.07, 6.45) is -6.49. The monoisotopic (exact) mass is 297 g/mol. The van der Waals surface area contributed by atoms with Gasteiger partial charge in [0, 0.05) is 6.04 Å². The van der Waals surface area contributed by atoms with Crippen LogP contribution < -0.4 is 10.5 Å². The van der Waals surface area contributed by atoms with Gasteiger partial charge in [0.15, 0.2) is 0 Å². The predicted molar refractivity (Wildman–Crippen MR) is 58.3 cm³/mol. The number of para-hydroxylation sites is 1. The van der Waals surface area contributed by atoms with E-state index in [4.69, 9.17) is 10.5 Å². The highest BCUT2D eigenvalue weighted by Crippen LogP contribution is 2.30. The second-order valence-corrected chi connectivity index (χ2v) is 4.22. The first-order chi connectivity index (χ1) is 7.32. The van der Waals surface area contributed by atoms with Crippen LogP contribution in [0.3, 0.4) is 0 Å². The molecular formula is C10H11BrF3NO. The molecule has 0 radical (unpaired) electrons. The van der Waals surface area contributed by atoms with E-state index in [9.17, 15) is 13.2 Å². The highest BCUT2D eigenvalue weighted by Gasteiger charge is 2.44. The van der Waals surface area contributed by atoms with Crippen LogP contribution in [0.1, 0.15) is 6.92 Å². The molecule has 0 aromatic heterocycles. The number of hydrogen-bond donors (Lipinski definition) is 1. The molecule has 0 saturated heterocycles. The number of halogens is 4. The van der Waals surface area contributed by atoms with Crippen molar-refractivity contribution in [1.82, 2.24) is 0 Å². The van der Waals surface area contributed by atoms with Crippen LogP contribution in [0.5, 0.6) is 5.75 Å². The first-order valence-electron chi connectivity index (χ1n) is 4.56. The fourth-order valence-corrected chi connectivity index (χ4v) is 1.53. The van der Waals surface area contributed by atoms with Gasteiger partial charge in [-0.15, -0.1) is 0 Å². The molecule has 16 heavy (non-hydrogen) atoms. The Kier molecular flexibility index (Phi) is 4.21. The third kappa shape index (κ3) is 3.38. The number of rotatable bonds is 3. The molecule has 2 nitrogen and oxygen atoms in total. The van der Waals surface area contributed by atoms with Crippen LogP contribution in [-0.2, 0) is 0 Å². The van der Waals surface area contributed by atoms with Crippen molar-refractivity contribution in [2.45, 2.75) is 25.2 Å². The molecule has 2 unspecified atom stereocenters. The Morgan fingerprint density at radius 2 is 1.88 bits per heavy atom. The van der Waals surface area contributed by atoms with Crippen LogP contribution in [0.2, 0.25) is 0 Å². The normalized spacial score (nSPS) is 15.6. The standard InChI is InChI=1S/C10H11BrF3NO/c1-6(15)9(10(12,13)14)16-8-5-3-2-4-7(8)11/h2-6,9H,15H2,1H3. The molecule has 0 aliphatic rings. The smallest absolute Gasteiger partial charge is 0.426 e. The van der Waals surface area contributed by atoms with Gasteiger partial charge in [-0.05, 0) is 35.0 Å². The summed E-state index contributed by atoms with van der Waals surface area (Å²) >= 11 is 3.11. The van der Waals surface area contributed by atoms with Crippen molar-refractivity contribution in [2.24, 2.45) is 5.73 Å². The fourth-order valence-electron chi connectivity index (χ4n) is 1.15. The maximum absolute atomic E-state index is 12.6. The van der Waals surface area contributed by atoms with Crippen LogP contribution in [-0.4, -0.2) is 18.3 Å². The van der Waals surface area contributed by atoms with Gasteiger partial charge in [-0.3, -0.25) is 0 Å². The summed E-state index contributed by atoms with van der Waals surface area (Å²) in [5, 5.41) is 0. The molecule has 0 aliphatic heterocycles. The lowest BCUT2D eigenvalue weighted by atomic mass is 10.2. The molecule has 90 valence electrons. The van der Waals surface area contributed by atoms with Gasteiger partial charge in [-0.1, -0.05) is 12.1 Å². The lowest BCUT2D eigenvalue weighted by molar-refractivity contribution is -0.199. The van der Waals surface area contributed by atoms with Crippen LogP contribution in [0.25, 0.3) is 0 Å². The van der Waals surface area contributed by atoms with Crippen molar-refractivity contribution in [3.63, 3.8) is 0 Å². The summed E-state index contributed by atoms with van der Waals surface area (Å²) in [6, 6.07) is 5.20. The molecule has 0 amide bonds. The Hall–Kier alpha value is -0.750. The maximum Gasteiger partial charge on any atom is 0.426 e. The Labute approximate surface area is 99.7 Å². The first-order valence-corrected chi connectivity index (χ1v) is 5.35. The minimum Gasteiger partial charge on any atom is -0.478 e. The molecule has 0 fully saturated rings. The van der Waals surface area contributed by atoms with Crippen LogP contribution in [0.4, 0.5) is 13.2 Å². The number of nitrogens with two attached hydrogens (primary N) is 1. The Balaban J connectivity index is 2.89. The molecule has 0 spiro atoms. The summed E-state index contributed by atoms with van der Waals surface area (Å²) in [4.78, 5) is 0. The summed E-state index contributed by atoms with van der Waals surface area (Å²) in [7, 11) is 0. The highest BCUT2D eigenvalue weighted by molar-refractivity contribution is 9.10. The van der Waals surface area contributed by atoms with Crippen molar-refractivity contribution in [1.29, 1.82) is 0 Å². The summed E-state index contributed by atoms with van der Waals surface area (Å²) < 4.78 is 43.0. The van der Waals surface area contributed by atoms with Gasteiger partial charge < -0.3 is 10.5 Å². The SMILES string of the molecule is CC(N)C(Oc1ccccc1Br)C(F)(F)F. The molecule has 0 heterocycles. The van der Waals surface area contributed by atoms with E-state index in [0.717, 1.165) is 0 Å². The van der Waals surface area contributed by atoms with E-state index in [1.54, 1.807) is 18.2 Å². The number of benzene rings is 1. The van der Waals surface area contributed by atoms with E-state index < -0.39 is 18.3 Å². The van der Waals surface area contributed by atoms with E-state index in [1.807, 2.05) is 0 Å². The third-order valence-corrected chi connectivity index (χ3v) is 2.55. The minimum atomic E-state index is -4.48. The van der Waals surface area contributed by atoms with Crippen LogP contribution >= 0.6 is 15.9 Å². The average Bonchev–Trinajstić information content (AvgIpc) is 2.14. The number of hydrogen-bond acceptors (Lipinski definition) is 2. The maximum atomic E-state index is 12.6. The quantitative estimate of drug-likeness (QED) is 0.930. The van der Waals surface area contributed by atoms with Crippen molar-refractivity contribution < 1.29 is 17.9 Å². The van der Waals surface area contributed by atoms with Gasteiger partial charge in [0.1, 0.15) is 5.75 Å². The molecule has 0 bridgehead atoms. The van der Waals surface area contributed by atoms with Gasteiger partial charge in [0.2, 0.25) is 6.10 Å². The lowest BCUT2D eigenvalue weighted by Crippen LogP contribution is -2.47. The molecule has 2 N–H and O–H groups in total. The lowest BCUT2D eigenvalue weighted by Gasteiger charge is -2.25. The van der Waals surface area contributed by atoms with Crippen molar-refractivity contribution in [3.8, 4) is 5.75 Å². The average molecular weight is 298 g/mol. The molecule has 2 atom stereocenters. The van der Waals surface area contributed by atoms with E-state index in [2.05, 4.69) is 15.9 Å². The topological polar surface area (TPSA) is 35.2 Å². The molecule has 1 aromatic carbocycles. The van der Waals surface area contributed by atoms with Gasteiger partial charge in [0.25, 0.3) is 0 Å². The van der Waals surface area contributed by atoms with Crippen LogP contribution in [0.15, 0.2) is 28.7 Å². The summed E-state index contributed by atoms with van der Waals surface area (Å²) in [6.45, 7) is 1.26. The second kappa shape index (κ2) is 5.05. The molecule has 6 heteroatoms. The van der Waals surface area contributed by atoms with Crippen molar-refractivity contribution in [3.05, 3.63) is 28.7 Å². The molecular weight excluding hydrogens is 287 g/mol. The van der Waals surface area contributed by atoms with Gasteiger partial charge in [-0.25, -0.2) is 0 Å². The van der Waals surface area contributed by atoms with E-state index in [1.165, 1.54) is 13.0 Å². The number of alkyl halides is 3. The Morgan fingerprint density at radius 3 is 2.31 bits per heavy atom. The molecule has 0 aliphatic carbocycles. The molecule has 1 rings (SSSR count). The zero-order chi connectivity index (χ0) is 12.3. The van der Waals surface area contributed by atoms with E-state index >= 15 is 0 Å². The minimum absolute atomic E-state index is 0.127. The van der Waals surface area contributed by atoms with Gasteiger partial charge in [-0.2, -0.15) is 13.2 Å². The van der Waals surface area contributed by atoms with Crippen LogP contribution in [0, 0.1) is 0 Å². The van der Waals surface area contributed by atoms with Crippen molar-refractivity contribution in [2.75, 3.05) is 0 Å². The zero-order valence-corrected chi connectivity index (χ0v) is 10.0. The Bertz CT molecular complexity index is 354. The zero-order valence-electron chi connectivity index (χ0n) is 8.46. The molecule has 0 saturated carbocycles. The van der Waals surface area contributed by atoms with Gasteiger partial charge in [0.05, 0.1) is 4.47 Å². The molecule has 1 aromatic rings. The highest BCUT2D eigenvalue weighted by atomic mass is 79.9. The predicted octanol–water partition coefficient (Wildman–Crippen LogP) is 3.11. The summed E-state index contributed by atoms with van der Waals surface area (Å²) in [5.41, 5.74) is 5.26. The first kappa shape index (κ1) is 13.3. The number of ether oxygens (including phenoxy) is 1. The van der Waals surface area contributed by atoms with Gasteiger partial charge >= 0.3 is 6.18 Å². The van der Waals surface area contributed by atoms with Crippen molar-refractivity contribution >= 4 is 15.9 Å². The Morgan fingerprint density at radius 1 is 1.31 bits per heavy atom. The largest absolute Gasteiger partial charge is 0.478 e. The third-order valence-electron chi connectivity index (χ3n) is 1.89. The fraction of sp³-hybridized carbons (Fsp3) is 0.400. The summed E-state index contributed by atoms with van der Waals surface area (Å²) in [5.74, 6) is 0.127. The second-order valence-electron chi connectivity index (χ2n) is 3.37. The van der Waals surface area contributed by atoms with E-state index in [-0.39, 0.29) is 5.75 Å². The van der Waals surface area contributed by atoms with E-state index in [0.29, 0.717) is 4.47 Å².